The maximum absolute atomic E-state index is 11.2. The van der Waals surface area contributed by atoms with Crippen molar-refractivity contribution in [3.8, 4) is 5.19 Å². The van der Waals surface area contributed by atoms with Crippen LogP contribution in [0.2, 0.25) is 0 Å². The van der Waals surface area contributed by atoms with Gasteiger partial charge in [0.05, 0.1) is 7.11 Å². The molecule has 1 aromatic heterocycles. The van der Waals surface area contributed by atoms with E-state index in [1.165, 1.54) is 19.6 Å². The Morgan fingerprint density at radius 1 is 1.64 bits per heavy atom. The molecule has 76 valence electrons. The number of oxime groups is 1. The lowest BCUT2D eigenvalue weighted by atomic mass is 10.3. The van der Waals surface area contributed by atoms with Gasteiger partial charge in [-0.3, -0.25) is 0 Å². The normalized spacial score (nSPS) is 11.1. The van der Waals surface area contributed by atoms with Gasteiger partial charge in [0.25, 0.3) is 5.19 Å². The molecule has 0 atom stereocenters. The van der Waals surface area contributed by atoms with Crippen LogP contribution in [-0.2, 0) is 14.4 Å². The van der Waals surface area contributed by atoms with Crippen molar-refractivity contribution in [1.29, 1.82) is 0 Å². The number of carbonyl (C=O) groups excluding carboxylic acids is 1. The predicted molar refractivity (Wildman–Crippen MR) is 49.3 cm³/mol. The number of hydrogen-bond donors (Lipinski definition) is 1. The molecule has 0 aromatic carbocycles. The van der Waals surface area contributed by atoms with Crippen molar-refractivity contribution in [3.05, 3.63) is 11.1 Å². The lowest BCUT2D eigenvalue weighted by Gasteiger charge is -1.98. The van der Waals surface area contributed by atoms with Crippen molar-refractivity contribution < 1.29 is 19.5 Å². The SMILES string of the molecule is CO/N=C(\C(=O)OC)c1csc(O)n1. The Hall–Kier alpha value is -1.63. The molecule has 0 aliphatic rings. The summed E-state index contributed by atoms with van der Waals surface area (Å²) in [7, 11) is 2.52. The van der Waals surface area contributed by atoms with Crippen LogP contribution in [0, 0.1) is 0 Å². The number of aromatic hydroxyl groups is 1. The van der Waals surface area contributed by atoms with Crippen LogP contribution < -0.4 is 0 Å². The third kappa shape index (κ3) is 2.19. The molecule has 1 N–H and O–H groups in total. The summed E-state index contributed by atoms with van der Waals surface area (Å²) < 4.78 is 4.46. The van der Waals surface area contributed by atoms with Crippen molar-refractivity contribution in [2.75, 3.05) is 14.2 Å². The first kappa shape index (κ1) is 10.5. The van der Waals surface area contributed by atoms with E-state index in [9.17, 15) is 4.79 Å². The molecule has 0 saturated carbocycles. The fourth-order valence-corrected chi connectivity index (χ4v) is 1.28. The van der Waals surface area contributed by atoms with Gasteiger partial charge in [-0.15, -0.1) is 0 Å². The summed E-state index contributed by atoms with van der Waals surface area (Å²) in [6.45, 7) is 0. The largest absolute Gasteiger partial charge is 0.486 e. The average molecular weight is 216 g/mol. The van der Waals surface area contributed by atoms with Gasteiger partial charge in [-0.05, 0) is 0 Å². The molecule has 0 radical (unpaired) electrons. The molecule has 0 amide bonds. The predicted octanol–water partition coefficient (Wildman–Crippen LogP) is 0.372. The minimum Gasteiger partial charge on any atom is -0.486 e. The second-order valence-corrected chi connectivity index (χ2v) is 2.97. The van der Waals surface area contributed by atoms with E-state index in [4.69, 9.17) is 5.11 Å². The van der Waals surface area contributed by atoms with E-state index in [0.29, 0.717) is 0 Å². The third-order valence-corrected chi connectivity index (χ3v) is 1.94. The highest BCUT2D eigenvalue weighted by atomic mass is 32.1. The van der Waals surface area contributed by atoms with Crippen molar-refractivity contribution >= 4 is 23.0 Å². The second kappa shape index (κ2) is 4.56. The summed E-state index contributed by atoms with van der Waals surface area (Å²) in [6, 6.07) is 0. The molecule has 1 rings (SSSR count). The first-order chi connectivity index (χ1) is 6.69. The van der Waals surface area contributed by atoms with E-state index in [1.54, 1.807) is 0 Å². The van der Waals surface area contributed by atoms with E-state index < -0.39 is 5.97 Å². The topological polar surface area (TPSA) is 81.0 Å². The molecule has 1 heterocycles. The first-order valence-corrected chi connectivity index (χ1v) is 4.41. The zero-order valence-electron chi connectivity index (χ0n) is 7.55. The number of rotatable bonds is 3. The molecule has 1 aromatic rings. The minimum absolute atomic E-state index is 0.0773. The molecule has 0 spiro atoms. The van der Waals surface area contributed by atoms with Gasteiger partial charge in [0, 0.05) is 5.38 Å². The van der Waals surface area contributed by atoms with E-state index in [-0.39, 0.29) is 16.6 Å². The van der Waals surface area contributed by atoms with Crippen molar-refractivity contribution in [2.24, 2.45) is 5.16 Å². The van der Waals surface area contributed by atoms with Crippen LogP contribution in [0.25, 0.3) is 0 Å². The summed E-state index contributed by atoms with van der Waals surface area (Å²) in [6.07, 6.45) is 0. The fraction of sp³-hybridized carbons (Fsp3) is 0.286. The molecule has 0 saturated heterocycles. The number of nitrogens with zero attached hydrogens (tertiary/aromatic N) is 2. The number of thiazole rings is 1. The zero-order chi connectivity index (χ0) is 10.6. The summed E-state index contributed by atoms with van der Waals surface area (Å²) in [5.41, 5.74) is 0.146. The molecular formula is C7H8N2O4S. The quantitative estimate of drug-likeness (QED) is 0.448. The molecule has 0 aliphatic carbocycles. The van der Waals surface area contributed by atoms with Gasteiger partial charge in [0.2, 0.25) is 5.71 Å². The Kier molecular flexibility index (Phi) is 3.41. The van der Waals surface area contributed by atoms with Crippen LogP contribution in [0.4, 0.5) is 0 Å². The molecular weight excluding hydrogens is 208 g/mol. The number of ether oxygens (including phenoxy) is 1. The van der Waals surface area contributed by atoms with Crippen LogP contribution >= 0.6 is 11.3 Å². The van der Waals surface area contributed by atoms with Crippen LogP contribution in [0.1, 0.15) is 5.69 Å². The Balaban J connectivity index is 3.00. The Morgan fingerprint density at radius 2 is 2.36 bits per heavy atom. The van der Waals surface area contributed by atoms with Gasteiger partial charge in [0.15, 0.2) is 0 Å². The third-order valence-electron chi connectivity index (χ3n) is 1.30. The van der Waals surface area contributed by atoms with Gasteiger partial charge in [-0.2, -0.15) is 0 Å². The van der Waals surface area contributed by atoms with Gasteiger partial charge in [-0.25, -0.2) is 9.78 Å². The average Bonchev–Trinajstić information content (AvgIpc) is 2.60. The van der Waals surface area contributed by atoms with Crippen LogP contribution in [0.5, 0.6) is 5.19 Å². The summed E-state index contributed by atoms with van der Waals surface area (Å²) in [4.78, 5) is 19.3. The van der Waals surface area contributed by atoms with E-state index in [1.807, 2.05) is 0 Å². The highest BCUT2D eigenvalue weighted by Gasteiger charge is 2.18. The number of esters is 1. The molecule has 0 fully saturated rings. The summed E-state index contributed by atoms with van der Waals surface area (Å²) >= 11 is 0.987. The molecule has 0 bridgehead atoms. The maximum Gasteiger partial charge on any atom is 0.362 e. The molecule has 6 nitrogen and oxygen atoms in total. The lowest BCUT2D eigenvalue weighted by molar-refractivity contribution is -0.132. The monoisotopic (exact) mass is 216 g/mol. The fourth-order valence-electron chi connectivity index (χ4n) is 0.750. The molecule has 14 heavy (non-hydrogen) atoms. The second-order valence-electron chi connectivity index (χ2n) is 2.13. The smallest absolute Gasteiger partial charge is 0.362 e. The summed E-state index contributed by atoms with van der Waals surface area (Å²) in [5, 5.41) is 13.8. The van der Waals surface area contributed by atoms with Gasteiger partial charge in [0.1, 0.15) is 12.8 Å². The highest BCUT2D eigenvalue weighted by molar-refractivity contribution is 7.11. The standard InChI is InChI=1S/C7H8N2O4S/c1-12-6(10)5(9-13-2)4-3-14-7(11)8-4/h3H,1-2H3,(H,8,11)/b9-5-. The van der Waals surface area contributed by atoms with E-state index in [2.05, 4.69) is 19.7 Å². The number of carbonyl (C=O) groups is 1. The molecule has 7 heteroatoms. The number of methoxy groups -OCH3 is 1. The lowest BCUT2D eigenvalue weighted by Crippen LogP contribution is -2.17. The van der Waals surface area contributed by atoms with E-state index >= 15 is 0 Å². The molecule has 0 aliphatic heterocycles. The number of aromatic nitrogens is 1. The van der Waals surface area contributed by atoms with Crippen LogP contribution in [0.3, 0.4) is 0 Å². The highest BCUT2D eigenvalue weighted by Crippen LogP contribution is 2.16. The Bertz CT molecular complexity index is 360. The van der Waals surface area contributed by atoms with Crippen molar-refractivity contribution in [2.45, 2.75) is 0 Å². The molecule has 0 unspecified atom stereocenters. The van der Waals surface area contributed by atoms with Crippen molar-refractivity contribution in [3.63, 3.8) is 0 Å². The van der Waals surface area contributed by atoms with Crippen molar-refractivity contribution in [1.82, 2.24) is 4.98 Å². The zero-order valence-corrected chi connectivity index (χ0v) is 8.37. The Morgan fingerprint density at radius 3 is 2.79 bits per heavy atom. The van der Waals surface area contributed by atoms with Gasteiger partial charge >= 0.3 is 5.97 Å². The van der Waals surface area contributed by atoms with Gasteiger partial charge < -0.3 is 14.7 Å². The Labute approximate surface area is 83.8 Å². The van der Waals surface area contributed by atoms with E-state index in [0.717, 1.165) is 11.3 Å². The van der Waals surface area contributed by atoms with Gasteiger partial charge in [-0.1, -0.05) is 16.5 Å². The van der Waals surface area contributed by atoms with Crippen LogP contribution in [0.15, 0.2) is 10.5 Å². The van der Waals surface area contributed by atoms with Crippen LogP contribution in [-0.4, -0.2) is 36.0 Å². The first-order valence-electron chi connectivity index (χ1n) is 3.53. The minimum atomic E-state index is -0.669. The maximum atomic E-state index is 11.2. The summed E-state index contributed by atoms with van der Waals surface area (Å²) in [5.74, 6) is -0.669. The number of hydrogen-bond acceptors (Lipinski definition) is 7.